The highest BCUT2D eigenvalue weighted by molar-refractivity contribution is 5.96. The van der Waals surface area contributed by atoms with Crippen LogP contribution in [0.1, 0.15) is 33.9 Å². The summed E-state index contributed by atoms with van der Waals surface area (Å²) in [5.74, 6) is 1.46. The highest BCUT2D eigenvalue weighted by Crippen LogP contribution is 2.47. The highest BCUT2D eigenvalue weighted by atomic mass is 16.5. The number of fused-ring (bicyclic) bond motifs is 4. The zero-order chi connectivity index (χ0) is 20.2. The zero-order valence-electron chi connectivity index (χ0n) is 16.6. The molecular formula is C22H23N5O2. The van der Waals surface area contributed by atoms with Crippen molar-refractivity contribution in [2.75, 3.05) is 24.5 Å². The fourth-order valence-electron chi connectivity index (χ4n) is 4.84. The van der Waals surface area contributed by atoms with Crippen molar-refractivity contribution >= 4 is 11.6 Å². The van der Waals surface area contributed by atoms with E-state index in [1.54, 1.807) is 6.92 Å². The SMILES string of the molecule is C=CCN1c2cccnc2-n2cccc2C12CCN(C(=O)c1c(C)noc1C)C2. The Morgan fingerprint density at radius 3 is 2.97 bits per heavy atom. The summed E-state index contributed by atoms with van der Waals surface area (Å²) in [6, 6.07) is 8.23. The Hall–Kier alpha value is -3.35. The third-order valence-electron chi connectivity index (χ3n) is 6.12. The number of hydrogen-bond donors (Lipinski definition) is 0. The minimum absolute atomic E-state index is 0.0215. The number of likely N-dealkylation sites (tertiary alicyclic amines) is 1. The second kappa shape index (κ2) is 6.34. The van der Waals surface area contributed by atoms with E-state index >= 15 is 0 Å². The van der Waals surface area contributed by atoms with E-state index in [1.165, 1.54) is 0 Å². The molecule has 1 saturated heterocycles. The van der Waals surface area contributed by atoms with Crippen molar-refractivity contribution in [2.24, 2.45) is 0 Å². The molecule has 148 valence electrons. The Labute approximate surface area is 169 Å². The molecule has 7 nitrogen and oxygen atoms in total. The minimum Gasteiger partial charge on any atom is -0.361 e. The van der Waals surface area contributed by atoms with E-state index in [4.69, 9.17) is 4.52 Å². The van der Waals surface area contributed by atoms with Gasteiger partial charge < -0.3 is 18.9 Å². The van der Waals surface area contributed by atoms with Crippen LogP contribution < -0.4 is 4.90 Å². The molecule has 5 heterocycles. The predicted octanol–water partition coefficient (Wildman–Crippen LogP) is 3.22. The van der Waals surface area contributed by atoms with E-state index in [-0.39, 0.29) is 11.4 Å². The molecule has 1 unspecified atom stereocenters. The first-order chi connectivity index (χ1) is 14.1. The molecule has 2 aliphatic rings. The lowest BCUT2D eigenvalue weighted by Gasteiger charge is -2.46. The van der Waals surface area contributed by atoms with Gasteiger partial charge in [0.05, 0.1) is 17.1 Å². The summed E-state index contributed by atoms with van der Waals surface area (Å²) < 4.78 is 7.38. The predicted molar refractivity (Wildman–Crippen MR) is 109 cm³/mol. The maximum atomic E-state index is 13.3. The number of hydrogen-bond acceptors (Lipinski definition) is 5. The molecule has 2 aliphatic heterocycles. The number of nitrogens with zero attached hydrogens (tertiary/aromatic N) is 5. The fraction of sp³-hybridized carbons (Fsp3) is 0.318. The van der Waals surface area contributed by atoms with Crippen molar-refractivity contribution in [1.82, 2.24) is 19.6 Å². The smallest absolute Gasteiger partial charge is 0.259 e. The van der Waals surface area contributed by atoms with Gasteiger partial charge in [-0.15, -0.1) is 6.58 Å². The average Bonchev–Trinajstić information content (AvgIpc) is 3.45. The van der Waals surface area contributed by atoms with Gasteiger partial charge in [0.25, 0.3) is 5.91 Å². The quantitative estimate of drug-likeness (QED) is 0.644. The van der Waals surface area contributed by atoms with Gasteiger partial charge >= 0.3 is 0 Å². The molecule has 1 fully saturated rings. The number of anilines is 1. The molecule has 0 radical (unpaired) electrons. The number of pyridine rings is 1. The van der Waals surface area contributed by atoms with Gasteiger partial charge in [0.1, 0.15) is 16.9 Å². The van der Waals surface area contributed by atoms with Crippen LogP contribution in [0.5, 0.6) is 0 Å². The lowest BCUT2D eigenvalue weighted by Crippen LogP contribution is -2.52. The van der Waals surface area contributed by atoms with Crippen molar-refractivity contribution in [3.8, 4) is 5.82 Å². The number of rotatable bonds is 3. The topological polar surface area (TPSA) is 67.4 Å². The molecule has 0 N–H and O–H groups in total. The molecule has 0 bridgehead atoms. The summed E-state index contributed by atoms with van der Waals surface area (Å²) in [7, 11) is 0. The van der Waals surface area contributed by atoms with Gasteiger partial charge in [-0.2, -0.15) is 0 Å². The maximum absolute atomic E-state index is 13.3. The first-order valence-corrected chi connectivity index (χ1v) is 9.81. The lowest BCUT2D eigenvalue weighted by molar-refractivity contribution is 0.0780. The molecule has 3 aromatic heterocycles. The third kappa shape index (κ3) is 2.40. The Morgan fingerprint density at radius 1 is 1.34 bits per heavy atom. The normalized spacial score (nSPS) is 20.1. The number of aromatic nitrogens is 3. The Kier molecular flexibility index (Phi) is 3.87. The molecule has 1 amide bonds. The summed E-state index contributed by atoms with van der Waals surface area (Å²) >= 11 is 0. The van der Waals surface area contributed by atoms with Crippen molar-refractivity contribution in [1.29, 1.82) is 0 Å². The van der Waals surface area contributed by atoms with E-state index in [9.17, 15) is 4.79 Å². The first-order valence-electron chi connectivity index (χ1n) is 9.81. The second-order valence-corrected chi connectivity index (χ2v) is 7.72. The summed E-state index contributed by atoms with van der Waals surface area (Å²) in [6.07, 6.45) is 6.60. The molecule has 0 aromatic carbocycles. The minimum atomic E-state index is -0.331. The van der Waals surface area contributed by atoms with Crippen molar-refractivity contribution in [3.63, 3.8) is 0 Å². The monoisotopic (exact) mass is 389 g/mol. The van der Waals surface area contributed by atoms with Crippen LogP contribution in [0.3, 0.4) is 0 Å². The molecule has 0 aliphatic carbocycles. The van der Waals surface area contributed by atoms with Crippen molar-refractivity contribution < 1.29 is 9.32 Å². The third-order valence-corrected chi connectivity index (χ3v) is 6.12. The second-order valence-electron chi connectivity index (χ2n) is 7.72. The molecule has 0 saturated carbocycles. The van der Waals surface area contributed by atoms with Crippen LogP contribution in [0.4, 0.5) is 5.69 Å². The number of carbonyl (C=O) groups excluding carboxylic acids is 1. The average molecular weight is 389 g/mol. The van der Waals surface area contributed by atoms with Crippen LogP contribution in [0.15, 0.2) is 53.8 Å². The van der Waals surface area contributed by atoms with E-state index < -0.39 is 0 Å². The summed E-state index contributed by atoms with van der Waals surface area (Å²) in [5.41, 5.74) is 3.09. The van der Waals surface area contributed by atoms with Gasteiger partial charge in [0.15, 0.2) is 5.82 Å². The first kappa shape index (κ1) is 17.7. The maximum Gasteiger partial charge on any atom is 0.259 e. The standard InChI is InChI=1S/C22H23N5O2/c1-4-11-27-17-7-5-10-23-20(17)26-12-6-8-18(26)22(27)9-13-25(14-22)21(28)19-15(2)24-29-16(19)3/h4-8,10,12H,1,9,11,13-14H2,2-3H3. The van der Waals surface area contributed by atoms with Gasteiger partial charge in [0.2, 0.25) is 0 Å². The Balaban J connectivity index is 1.60. The Bertz CT molecular complexity index is 1090. The largest absolute Gasteiger partial charge is 0.361 e. The molecular weight excluding hydrogens is 366 g/mol. The molecule has 29 heavy (non-hydrogen) atoms. The summed E-state index contributed by atoms with van der Waals surface area (Å²) in [5, 5.41) is 3.96. The Morgan fingerprint density at radius 2 is 2.21 bits per heavy atom. The van der Waals surface area contributed by atoms with E-state index in [2.05, 4.69) is 38.3 Å². The highest BCUT2D eigenvalue weighted by Gasteiger charge is 2.50. The van der Waals surface area contributed by atoms with Crippen LogP contribution in [-0.4, -0.2) is 45.1 Å². The van der Waals surface area contributed by atoms with E-state index in [0.29, 0.717) is 36.7 Å². The van der Waals surface area contributed by atoms with Crippen LogP contribution in [0, 0.1) is 13.8 Å². The fourth-order valence-corrected chi connectivity index (χ4v) is 4.84. The van der Waals surface area contributed by atoms with Crippen molar-refractivity contribution in [2.45, 2.75) is 25.8 Å². The molecule has 7 heteroatoms. The molecule has 3 aromatic rings. The number of amides is 1. The number of carbonyl (C=O) groups is 1. The van der Waals surface area contributed by atoms with Gasteiger partial charge in [-0.1, -0.05) is 11.2 Å². The van der Waals surface area contributed by atoms with Crippen LogP contribution in [0.25, 0.3) is 5.82 Å². The lowest BCUT2D eigenvalue weighted by atomic mass is 9.89. The van der Waals surface area contributed by atoms with Crippen molar-refractivity contribution in [3.05, 3.63) is 72.0 Å². The van der Waals surface area contributed by atoms with Gasteiger partial charge in [-0.3, -0.25) is 4.79 Å². The summed E-state index contributed by atoms with van der Waals surface area (Å²) in [4.78, 5) is 22.2. The van der Waals surface area contributed by atoms with E-state index in [0.717, 1.165) is 23.6 Å². The van der Waals surface area contributed by atoms with Crippen LogP contribution >= 0.6 is 0 Å². The van der Waals surface area contributed by atoms with Gasteiger partial charge in [0, 0.05) is 32.0 Å². The summed E-state index contributed by atoms with van der Waals surface area (Å²) in [6.45, 7) is 9.50. The molecule has 1 spiro atoms. The molecule has 1 atom stereocenters. The van der Waals surface area contributed by atoms with Gasteiger partial charge in [-0.05, 0) is 44.5 Å². The number of aryl methyl sites for hydroxylation is 2. The van der Waals surface area contributed by atoms with E-state index in [1.807, 2.05) is 42.4 Å². The zero-order valence-corrected chi connectivity index (χ0v) is 16.6. The molecule has 5 rings (SSSR count). The van der Waals surface area contributed by atoms with Crippen LogP contribution in [-0.2, 0) is 5.54 Å². The van der Waals surface area contributed by atoms with Crippen LogP contribution in [0.2, 0.25) is 0 Å². The van der Waals surface area contributed by atoms with Gasteiger partial charge in [-0.25, -0.2) is 4.98 Å².